The molecule has 5 heteroatoms. The molecule has 1 aliphatic rings. The summed E-state index contributed by atoms with van der Waals surface area (Å²) in [6.45, 7) is 1.22. The molecule has 1 N–H and O–H groups in total. The number of anilines is 1. The summed E-state index contributed by atoms with van der Waals surface area (Å²) in [5, 5.41) is 2.92. The molecule has 0 spiro atoms. The molecule has 0 radical (unpaired) electrons. The normalized spacial score (nSPS) is 12.5. The Hall–Kier alpha value is -3.47. The maximum absolute atomic E-state index is 13.0. The van der Waals surface area contributed by atoms with Gasteiger partial charge in [-0.15, -0.1) is 0 Å². The topological polar surface area (TPSA) is 62.3 Å². The van der Waals surface area contributed by atoms with Gasteiger partial charge in [-0.3, -0.25) is 14.6 Å². The Labute approximate surface area is 170 Å². The number of pyridine rings is 1. The molecular weight excluding hydrogens is 362 g/mol. The van der Waals surface area contributed by atoms with E-state index in [1.807, 2.05) is 42.5 Å². The third-order valence-corrected chi connectivity index (χ3v) is 5.15. The maximum Gasteiger partial charge on any atom is 0.259 e. The van der Waals surface area contributed by atoms with E-state index in [2.05, 4.69) is 22.4 Å². The van der Waals surface area contributed by atoms with Crippen molar-refractivity contribution in [3.63, 3.8) is 0 Å². The molecule has 0 atom stereocenters. The van der Waals surface area contributed by atoms with Crippen molar-refractivity contribution in [1.29, 1.82) is 0 Å². The summed E-state index contributed by atoms with van der Waals surface area (Å²) < 4.78 is 0. The zero-order valence-corrected chi connectivity index (χ0v) is 16.2. The summed E-state index contributed by atoms with van der Waals surface area (Å²) in [6, 6.07) is 19.7. The summed E-state index contributed by atoms with van der Waals surface area (Å²) in [5.74, 6) is -0.330. The van der Waals surface area contributed by atoms with Crippen LogP contribution < -0.4 is 10.2 Å². The summed E-state index contributed by atoms with van der Waals surface area (Å²) >= 11 is 0. The highest BCUT2D eigenvalue weighted by molar-refractivity contribution is 6.08. The molecule has 0 fully saturated rings. The zero-order chi connectivity index (χ0) is 20.1. The predicted molar refractivity (Wildman–Crippen MR) is 113 cm³/mol. The van der Waals surface area contributed by atoms with Gasteiger partial charge in [0, 0.05) is 31.2 Å². The van der Waals surface area contributed by atoms with Crippen LogP contribution in [0.3, 0.4) is 0 Å². The summed E-state index contributed by atoms with van der Waals surface area (Å²) in [7, 11) is 0. The number of hydrogen-bond donors (Lipinski definition) is 1. The molecule has 0 unspecified atom stereocenters. The van der Waals surface area contributed by atoms with Gasteiger partial charge in [0.1, 0.15) is 0 Å². The van der Waals surface area contributed by atoms with Gasteiger partial charge in [-0.25, -0.2) is 0 Å². The number of fused-ring (bicyclic) bond motifs is 1. The van der Waals surface area contributed by atoms with Crippen LogP contribution in [0.15, 0.2) is 73.1 Å². The molecule has 1 aliphatic heterocycles. The first-order valence-corrected chi connectivity index (χ1v) is 9.89. The minimum atomic E-state index is -0.206. The largest absolute Gasteiger partial charge is 0.352 e. The van der Waals surface area contributed by atoms with Gasteiger partial charge < -0.3 is 10.2 Å². The van der Waals surface area contributed by atoms with Crippen LogP contribution in [0.25, 0.3) is 0 Å². The fourth-order valence-electron chi connectivity index (χ4n) is 3.63. The number of amides is 2. The molecule has 2 aromatic carbocycles. The quantitative estimate of drug-likeness (QED) is 0.659. The van der Waals surface area contributed by atoms with E-state index in [9.17, 15) is 9.59 Å². The van der Waals surface area contributed by atoms with Crippen molar-refractivity contribution in [2.24, 2.45) is 0 Å². The molecule has 4 rings (SSSR count). The van der Waals surface area contributed by atoms with E-state index < -0.39 is 0 Å². The van der Waals surface area contributed by atoms with Crippen molar-refractivity contribution < 1.29 is 9.59 Å². The van der Waals surface area contributed by atoms with Crippen molar-refractivity contribution in [3.8, 4) is 0 Å². The second kappa shape index (κ2) is 8.69. The molecule has 2 amide bonds. The van der Waals surface area contributed by atoms with E-state index in [1.165, 1.54) is 23.5 Å². The van der Waals surface area contributed by atoms with E-state index in [0.29, 0.717) is 24.2 Å². The van der Waals surface area contributed by atoms with Crippen molar-refractivity contribution in [1.82, 2.24) is 10.3 Å². The molecule has 0 saturated heterocycles. The Balaban J connectivity index is 1.37. The van der Waals surface area contributed by atoms with Crippen molar-refractivity contribution in [2.75, 3.05) is 18.0 Å². The number of aromatic nitrogens is 1. The highest BCUT2D eigenvalue weighted by Gasteiger charge is 2.25. The second-order valence-electron chi connectivity index (χ2n) is 7.14. The molecule has 3 aromatic rings. The number of nitrogens with zero attached hydrogens (tertiary/aromatic N) is 2. The lowest BCUT2D eigenvalue weighted by Crippen LogP contribution is -2.30. The standard InChI is InChI=1S/C24H23N3O2/c28-23(26-13-6-9-18-7-2-1-3-8-18)20-15-21(17-25-16-20)24(29)27-14-12-19-10-4-5-11-22(19)27/h1-5,7-8,10-11,15-17H,6,9,12-14H2,(H,26,28). The Morgan fingerprint density at radius 1 is 0.966 bits per heavy atom. The predicted octanol–water partition coefficient (Wildman–Crippen LogP) is 3.65. The molecule has 0 saturated carbocycles. The SMILES string of the molecule is O=C(NCCCc1ccccc1)c1cncc(C(=O)N2CCc3ccccc32)c1. The second-order valence-corrected chi connectivity index (χ2v) is 7.14. The number of aryl methyl sites for hydroxylation is 1. The van der Waals surface area contributed by atoms with Gasteiger partial charge in [0.25, 0.3) is 11.8 Å². The van der Waals surface area contributed by atoms with Gasteiger partial charge in [-0.05, 0) is 42.5 Å². The van der Waals surface area contributed by atoms with Crippen LogP contribution in [0.2, 0.25) is 0 Å². The molecule has 2 heterocycles. The highest BCUT2D eigenvalue weighted by atomic mass is 16.2. The Morgan fingerprint density at radius 3 is 2.59 bits per heavy atom. The molecule has 146 valence electrons. The van der Waals surface area contributed by atoms with E-state index in [4.69, 9.17) is 0 Å². The number of para-hydroxylation sites is 1. The van der Waals surface area contributed by atoms with Gasteiger partial charge in [0.2, 0.25) is 0 Å². The summed E-state index contributed by atoms with van der Waals surface area (Å²) in [6.07, 6.45) is 5.63. The third-order valence-electron chi connectivity index (χ3n) is 5.15. The lowest BCUT2D eigenvalue weighted by atomic mass is 10.1. The van der Waals surface area contributed by atoms with Crippen LogP contribution in [0, 0.1) is 0 Å². The van der Waals surface area contributed by atoms with Gasteiger partial charge in [-0.1, -0.05) is 48.5 Å². The Bertz CT molecular complexity index is 1020. The minimum Gasteiger partial charge on any atom is -0.352 e. The average Bonchev–Trinajstić information content (AvgIpc) is 3.21. The lowest BCUT2D eigenvalue weighted by Gasteiger charge is -2.17. The fraction of sp³-hybridized carbons (Fsp3) is 0.208. The molecule has 1 aromatic heterocycles. The maximum atomic E-state index is 13.0. The zero-order valence-electron chi connectivity index (χ0n) is 16.2. The van der Waals surface area contributed by atoms with Gasteiger partial charge in [0.05, 0.1) is 11.1 Å². The molecule has 0 bridgehead atoms. The first-order chi connectivity index (χ1) is 14.2. The van der Waals surface area contributed by atoms with Gasteiger partial charge in [-0.2, -0.15) is 0 Å². The van der Waals surface area contributed by atoms with Gasteiger partial charge in [0.15, 0.2) is 0 Å². The number of rotatable bonds is 6. The fourth-order valence-corrected chi connectivity index (χ4v) is 3.63. The molecule has 0 aliphatic carbocycles. The molecule has 5 nitrogen and oxygen atoms in total. The average molecular weight is 385 g/mol. The first-order valence-electron chi connectivity index (χ1n) is 9.89. The number of nitrogens with one attached hydrogen (secondary N) is 1. The van der Waals surface area contributed by atoms with E-state index in [-0.39, 0.29) is 11.8 Å². The smallest absolute Gasteiger partial charge is 0.259 e. The first kappa shape index (κ1) is 18.9. The van der Waals surface area contributed by atoms with Crippen LogP contribution in [0.1, 0.15) is 38.3 Å². The molecular formula is C24H23N3O2. The monoisotopic (exact) mass is 385 g/mol. The van der Waals surface area contributed by atoms with Gasteiger partial charge >= 0.3 is 0 Å². The lowest BCUT2D eigenvalue weighted by molar-refractivity contribution is 0.0953. The number of hydrogen-bond acceptors (Lipinski definition) is 3. The van der Waals surface area contributed by atoms with E-state index in [1.54, 1.807) is 11.0 Å². The van der Waals surface area contributed by atoms with Crippen molar-refractivity contribution in [3.05, 3.63) is 95.3 Å². The van der Waals surface area contributed by atoms with Crippen LogP contribution in [-0.4, -0.2) is 29.9 Å². The third kappa shape index (κ3) is 4.35. The van der Waals surface area contributed by atoms with Crippen LogP contribution >= 0.6 is 0 Å². The Kier molecular flexibility index (Phi) is 5.66. The summed E-state index contributed by atoms with van der Waals surface area (Å²) in [4.78, 5) is 31.3. The van der Waals surface area contributed by atoms with E-state index >= 15 is 0 Å². The summed E-state index contributed by atoms with van der Waals surface area (Å²) in [5.41, 5.74) is 4.19. The van der Waals surface area contributed by atoms with E-state index in [0.717, 1.165) is 24.9 Å². The Morgan fingerprint density at radius 2 is 1.72 bits per heavy atom. The highest BCUT2D eigenvalue weighted by Crippen LogP contribution is 2.28. The number of carbonyl (C=O) groups is 2. The van der Waals surface area contributed by atoms with Crippen LogP contribution in [-0.2, 0) is 12.8 Å². The number of benzene rings is 2. The van der Waals surface area contributed by atoms with Crippen molar-refractivity contribution in [2.45, 2.75) is 19.3 Å². The molecule has 29 heavy (non-hydrogen) atoms. The number of carbonyl (C=O) groups excluding carboxylic acids is 2. The van der Waals surface area contributed by atoms with Crippen molar-refractivity contribution >= 4 is 17.5 Å². The minimum absolute atomic E-state index is 0.124. The van der Waals surface area contributed by atoms with Crippen LogP contribution in [0.4, 0.5) is 5.69 Å². The van der Waals surface area contributed by atoms with Crippen LogP contribution in [0.5, 0.6) is 0 Å².